The molecule has 0 aromatic rings. The van der Waals surface area contributed by atoms with Crippen LogP contribution in [0.2, 0.25) is 0 Å². The molecule has 1 fully saturated rings. The molecule has 0 radical (unpaired) electrons. The molecule has 0 aliphatic carbocycles. The molecule has 1 saturated heterocycles. The van der Waals surface area contributed by atoms with Gasteiger partial charge in [0.1, 0.15) is 6.04 Å². The maximum atomic E-state index is 11.3. The van der Waals surface area contributed by atoms with Crippen LogP contribution in [0.5, 0.6) is 0 Å². The summed E-state index contributed by atoms with van der Waals surface area (Å²) in [4.78, 5) is 12.8. The fourth-order valence-corrected chi connectivity index (χ4v) is 1.35. The van der Waals surface area contributed by atoms with Crippen LogP contribution in [0.1, 0.15) is 13.3 Å². The van der Waals surface area contributed by atoms with Gasteiger partial charge < -0.3 is 9.64 Å². The molecule has 1 atom stereocenters. The Bertz CT molecular complexity index is 230. The number of carbonyl (C=O) groups is 1. The summed E-state index contributed by atoms with van der Waals surface area (Å²) < 4.78 is 4.99. The topological polar surface area (TPSA) is 53.3 Å². The minimum atomic E-state index is -0.318. The Balaban J connectivity index is 2.55. The normalized spacial score (nSPS) is 18.5. The summed E-state index contributed by atoms with van der Waals surface area (Å²) in [5.74, 6) is 0.212. The molecule has 0 saturated carbocycles. The van der Waals surface area contributed by atoms with Gasteiger partial charge >= 0.3 is 0 Å². The van der Waals surface area contributed by atoms with E-state index in [1.54, 1.807) is 14.0 Å². The third-order valence-electron chi connectivity index (χ3n) is 2.36. The monoisotopic (exact) mass is 182 g/mol. The predicted octanol–water partition coefficient (Wildman–Crippen LogP) is 0.393. The van der Waals surface area contributed by atoms with Gasteiger partial charge in [0.2, 0.25) is 5.91 Å². The minimum absolute atomic E-state index is 0.0125. The van der Waals surface area contributed by atoms with E-state index in [2.05, 4.69) is 6.07 Å². The first-order valence-electron chi connectivity index (χ1n) is 4.43. The van der Waals surface area contributed by atoms with Crippen LogP contribution in [0.3, 0.4) is 0 Å². The molecule has 1 aliphatic rings. The lowest BCUT2D eigenvalue weighted by Gasteiger charge is -2.34. The molecule has 0 N–H and O–H groups in total. The van der Waals surface area contributed by atoms with E-state index in [-0.39, 0.29) is 17.9 Å². The number of nitrogens with zero attached hydrogens (tertiary/aromatic N) is 2. The number of amides is 1. The minimum Gasteiger partial charge on any atom is -0.380 e. The molecule has 0 aromatic carbocycles. The summed E-state index contributed by atoms with van der Waals surface area (Å²) in [7, 11) is 1.68. The molecular weight excluding hydrogens is 168 g/mol. The fourth-order valence-electron chi connectivity index (χ4n) is 1.35. The first-order chi connectivity index (χ1) is 6.20. The van der Waals surface area contributed by atoms with E-state index < -0.39 is 0 Å². The van der Waals surface area contributed by atoms with Crippen molar-refractivity contribution in [3.63, 3.8) is 0 Å². The zero-order chi connectivity index (χ0) is 9.84. The molecule has 72 valence electrons. The fraction of sp³-hybridized carbons (Fsp3) is 0.778. The Morgan fingerprint density at radius 3 is 2.69 bits per heavy atom. The van der Waals surface area contributed by atoms with Gasteiger partial charge in [-0.25, -0.2) is 0 Å². The number of carbonyl (C=O) groups excluding carboxylic acids is 1. The van der Waals surface area contributed by atoms with Crippen LogP contribution >= 0.6 is 0 Å². The van der Waals surface area contributed by atoms with E-state index in [0.29, 0.717) is 19.6 Å². The van der Waals surface area contributed by atoms with Crippen LogP contribution in [0.25, 0.3) is 0 Å². The zero-order valence-electron chi connectivity index (χ0n) is 7.99. The van der Waals surface area contributed by atoms with Gasteiger partial charge in [0.25, 0.3) is 0 Å². The van der Waals surface area contributed by atoms with Crippen molar-refractivity contribution in [1.82, 2.24) is 4.90 Å². The lowest BCUT2D eigenvalue weighted by atomic mass is 9.98. The molecule has 0 bridgehead atoms. The average Bonchev–Trinajstić information content (AvgIpc) is 2.08. The van der Waals surface area contributed by atoms with Crippen molar-refractivity contribution in [3.8, 4) is 6.07 Å². The molecule has 4 heteroatoms. The van der Waals surface area contributed by atoms with Crippen molar-refractivity contribution in [2.45, 2.75) is 19.4 Å². The van der Waals surface area contributed by atoms with Crippen LogP contribution in [-0.2, 0) is 9.53 Å². The van der Waals surface area contributed by atoms with Crippen molar-refractivity contribution in [3.05, 3.63) is 0 Å². The van der Waals surface area contributed by atoms with Crippen molar-refractivity contribution < 1.29 is 9.53 Å². The maximum absolute atomic E-state index is 11.3. The lowest BCUT2D eigenvalue weighted by molar-refractivity contribution is -0.135. The van der Waals surface area contributed by atoms with Crippen molar-refractivity contribution in [2.75, 3.05) is 20.3 Å². The number of ether oxygens (including phenoxy) is 1. The molecule has 4 nitrogen and oxygen atoms in total. The second-order valence-corrected chi connectivity index (χ2v) is 3.23. The van der Waals surface area contributed by atoms with E-state index in [9.17, 15) is 4.79 Å². The SMILES string of the molecule is CCC(=O)N(C)[C@@H](C#N)C1COC1. The average molecular weight is 182 g/mol. The molecule has 0 spiro atoms. The van der Waals surface area contributed by atoms with Crippen LogP contribution in [0.15, 0.2) is 0 Å². The van der Waals surface area contributed by atoms with E-state index >= 15 is 0 Å². The van der Waals surface area contributed by atoms with Gasteiger partial charge in [0.05, 0.1) is 19.3 Å². The highest BCUT2D eigenvalue weighted by atomic mass is 16.5. The molecular formula is C9H14N2O2. The van der Waals surface area contributed by atoms with Gasteiger partial charge in [-0.2, -0.15) is 5.26 Å². The molecule has 13 heavy (non-hydrogen) atoms. The van der Waals surface area contributed by atoms with E-state index in [0.717, 1.165) is 0 Å². The highest BCUT2D eigenvalue weighted by Crippen LogP contribution is 2.18. The van der Waals surface area contributed by atoms with Crippen LogP contribution < -0.4 is 0 Å². The van der Waals surface area contributed by atoms with E-state index in [4.69, 9.17) is 10.00 Å². The van der Waals surface area contributed by atoms with Crippen molar-refractivity contribution in [1.29, 1.82) is 5.26 Å². The summed E-state index contributed by atoms with van der Waals surface area (Å²) in [5.41, 5.74) is 0. The van der Waals surface area contributed by atoms with Crippen molar-refractivity contribution in [2.24, 2.45) is 5.92 Å². The Kier molecular flexibility index (Phi) is 3.26. The third kappa shape index (κ3) is 1.99. The standard InChI is InChI=1S/C9H14N2O2/c1-3-9(12)11(2)8(4-10)7-5-13-6-7/h7-8H,3,5-6H2,1-2H3/t8-/m0/s1. The largest absolute Gasteiger partial charge is 0.380 e. The van der Waals surface area contributed by atoms with Crippen LogP contribution in [0.4, 0.5) is 0 Å². The highest BCUT2D eigenvalue weighted by Gasteiger charge is 2.32. The molecule has 0 unspecified atom stereocenters. The van der Waals surface area contributed by atoms with Gasteiger partial charge in [-0.05, 0) is 0 Å². The zero-order valence-corrected chi connectivity index (χ0v) is 7.99. The quantitative estimate of drug-likeness (QED) is 0.634. The first kappa shape index (κ1) is 10.0. The Labute approximate surface area is 78.1 Å². The molecule has 1 rings (SSSR count). The Morgan fingerprint density at radius 1 is 1.77 bits per heavy atom. The van der Waals surface area contributed by atoms with Gasteiger partial charge in [-0.1, -0.05) is 6.92 Å². The Morgan fingerprint density at radius 2 is 2.38 bits per heavy atom. The number of hydrogen-bond acceptors (Lipinski definition) is 3. The maximum Gasteiger partial charge on any atom is 0.223 e. The Hall–Kier alpha value is -1.08. The summed E-state index contributed by atoms with van der Waals surface area (Å²) >= 11 is 0. The first-order valence-corrected chi connectivity index (χ1v) is 4.43. The summed E-state index contributed by atoms with van der Waals surface area (Å²) in [5, 5.41) is 8.88. The second kappa shape index (κ2) is 4.24. The molecule has 1 heterocycles. The smallest absolute Gasteiger partial charge is 0.223 e. The second-order valence-electron chi connectivity index (χ2n) is 3.23. The molecule has 0 aromatic heterocycles. The third-order valence-corrected chi connectivity index (χ3v) is 2.36. The summed E-state index contributed by atoms with van der Waals surface area (Å²) in [6.45, 7) is 2.99. The molecule has 1 amide bonds. The van der Waals surface area contributed by atoms with Gasteiger partial charge in [-0.15, -0.1) is 0 Å². The van der Waals surface area contributed by atoms with Crippen molar-refractivity contribution >= 4 is 5.91 Å². The predicted molar refractivity (Wildman–Crippen MR) is 46.8 cm³/mol. The van der Waals surface area contributed by atoms with Gasteiger partial charge in [0, 0.05) is 19.4 Å². The van der Waals surface area contributed by atoms with E-state index in [1.807, 2.05) is 0 Å². The lowest BCUT2D eigenvalue weighted by Crippen LogP contribution is -2.48. The molecule has 1 aliphatic heterocycles. The van der Waals surface area contributed by atoms with Gasteiger partial charge in [-0.3, -0.25) is 4.79 Å². The summed E-state index contributed by atoms with van der Waals surface area (Å²) in [6.07, 6.45) is 0.447. The number of rotatable bonds is 3. The summed E-state index contributed by atoms with van der Waals surface area (Å²) in [6, 6.07) is 1.83. The number of hydrogen-bond donors (Lipinski definition) is 0. The van der Waals surface area contributed by atoms with Gasteiger partial charge in [0.15, 0.2) is 0 Å². The van der Waals surface area contributed by atoms with Crippen LogP contribution in [-0.4, -0.2) is 37.1 Å². The van der Waals surface area contributed by atoms with E-state index in [1.165, 1.54) is 4.90 Å². The van der Waals surface area contributed by atoms with Crippen LogP contribution in [0, 0.1) is 17.2 Å². The highest BCUT2D eigenvalue weighted by molar-refractivity contribution is 5.76. The number of nitriles is 1.